The second-order valence-electron chi connectivity index (χ2n) is 5.78. The Morgan fingerprint density at radius 1 is 1.37 bits per heavy atom. The average molecular weight is 264 g/mol. The lowest BCUT2D eigenvalue weighted by Crippen LogP contribution is -2.63. The van der Waals surface area contributed by atoms with Gasteiger partial charge in [-0.3, -0.25) is 9.58 Å². The number of nitrogens with one attached hydrogen (secondary N) is 1. The van der Waals surface area contributed by atoms with Crippen LogP contribution in [0.4, 0.5) is 0 Å². The standard InChI is InChI=1S/C15H28N4/c1-5-13-10-19(11-14-8-9-18(4)17-14)15(6-2,7-3)12-16-13/h8-9,13,16H,5-7,10-12H2,1-4H3. The molecular formula is C15H28N4. The van der Waals surface area contributed by atoms with Crippen LogP contribution in [0.2, 0.25) is 0 Å². The summed E-state index contributed by atoms with van der Waals surface area (Å²) in [7, 11) is 1.99. The van der Waals surface area contributed by atoms with Crippen molar-refractivity contribution in [2.75, 3.05) is 13.1 Å². The molecule has 4 heteroatoms. The molecule has 108 valence electrons. The van der Waals surface area contributed by atoms with Gasteiger partial charge in [-0.25, -0.2) is 0 Å². The molecule has 0 amide bonds. The minimum Gasteiger partial charge on any atom is -0.311 e. The zero-order valence-electron chi connectivity index (χ0n) is 12.8. The lowest BCUT2D eigenvalue weighted by Gasteiger charge is -2.49. The molecule has 1 unspecified atom stereocenters. The second kappa shape index (κ2) is 6.06. The van der Waals surface area contributed by atoms with Crippen LogP contribution in [-0.4, -0.2) is 39.4 Å². The predicted molar refractivity (Wildman–Crippen MR) is 79.0 cm³/mol. The number of rotatable bonds is 5. The first kappa shape index (κ1) is 14.5. The number of piperazine rings is 1. The van der Waals surface area contributed by atoms with Gasteiger partial charge in [-0.1, -0.05) is 20.8 Å². The van der Waals surface area contributed by atoms with E-state index >= 15 is 0 Å². The molecule has 1 aromatic heterocycles. The molecule has 0 aliphatic carbocycles. The molecule has 19 heavy (non-hydrogen) atoms. The molecule has 0 radical (unpaired) electrons. The van der Waals surface area contributed by atoms with E-state index in [0.29, 0.717) is 11.6 Å². The fourth-order valence-electron chi connectivity index (χ4n) is 3.17. The maximum Gasteiger partial charge on any atom is 0.0764 e. The molecule has 2 rings (SSSR count). The Labute approximate surface area is 117 Å². The molecule has 4 nitrogen and oxygen atoms in total. The minimum absolute atomic E-state index is 0.295. The highest BCUT2D eigenvalue weighted by molar-refractivity contribution is 5.04. The van der Waals surface area contributed by atoms with Gasteiger partial charge < -0.3 is 5.32 Å². The molecule has 2 heterocycles. The van der Waals surface area contributed by atoms with Gasteiger partial charge in [0, 0.05) is 44.5 Å². The first-order chi connectivity index (χ1) is 9.13. The summed E-state index contributed by atoms with van der Waals surface area (Å²) < 4.78 is 1.90. The molecule has 1 aromatic rings. The van der Waals surface area contributed by atoms with Crippen molar-refractivity contribution in [2.45, 2.75) is 58.2 Å². The molecule has 1 aliphatic heterocycles. The van der Waals surface area contributed by atoms with Crippen molar-refractivity contribution in [1.82, 2.24) is 20.0 Å². The van der Waals surface area contributed by atoms with Gasteiger partial charge in [0.2, 0.25) is 0 Å². The Morgan fingerprint density at radius 3 is 2.63 bits per heavy atom. The van der Waals surface area contributed by atoms with Gasteiger partial charge in [-0.15, -0.1) is 0 Å². The maximum absolute atomic E-state index is 4.54. The fraction of sp³-hybridized carbons (Fsp3) is 0.800. The topological polar surface area (TPSA) is 33.1 Å². The Balaban J connectivity index is 2.15. The van der Waals surface area contributed by atoms with E-state index in [1.54, 1.807) is 0 Å². The average Bonchev–Trinajstić information content (AvgIpc) is 2.84. The van der Waals surface area contributed by atoms with E-state index in [1.165, 1.54) is 25.0 Å². The van der Waals surface area contributed by atoms with Crippen LogP contribution in [-0.2, 0) is 13.6 Å². The summed E-state index contributed by atoms with van der Waals surface area (Å²) in [5.41, 5.74) is 1.48. The van der Waals surface area contributed by atoms with E-state index in [4.69, 9.17) is 0 Å². The third-order valence-corrected chi connectivity index (χ3v) is 4.76. The molecule has 0 spiro atoms. The molecule has 1 saturated heterocycles. The van der Waals surface area contributed by atoms with Gasteiger partial charge in [0.05, 0.1) is 5.69 Å². The van der Waals surface area contributed by atoms with Crippen molar-refractivity contribution in [3.8, 4) is 0 Å². The van der Waals surface area contributed by atoms with E-state index < -0.39 is 0 Å². The Kier molecular flexibility index (Phi) is 4.63. The third-order valence-electron chi connectivity index (χ3n) is 4.76. The van der Waals surface area contributed by atoms with Gasteiger partial charge in [-0.05, 0) is 25.3 Å². The van der Waals surface area contributed by atoms with Crippen molar-refractivity contribution in [3.05, 3.63) is 18.0 Å². The number of hydrogen-bond donors (Lipinski definition) is 1. The Hall–Kier alpha value is -0.870. The van der Waals surface area contributed by atoms with E-state index in [9.17, 15) is 0 Å². The molecule has 1 N–H and O–H groups in total. The molecule has 0 bridgehead atoms. The highest BCUT2D eigenvalue weighted by Crippen LogP contribution is 2.28. The van der Waals surface area contributed by atoms with E-state index in [0.717, 1.165) is 19.6 Å². The van der Waals surface area contributed by atoms with E-state index in [2.05, 4.69) is 42.2 Å². The van der Waals surface area contributed by atoms with Crippen LogP contribution in [0.5, 0.6) is 0 Å². The Morgan fingerprint density at radius 2 is 2.11 bits per heavy atom. The summed E-state index contributed by atoms with van der Waals surface area (Å²) in [4.78, 5) is 2.65. The summed E-state index contributed by atoms with van der Waals surface area (Å²) in [6.07, 6.45) is 5.62. The molecule has 1 aliphatic rings. The van der Waals surface area contributed by atoms with Gasteiger partial charge >= 0.3 is 0 Å². The largest absolute Gasteiger partial charge is 0.311 e. The van der Waals surface area contributed by atoms with Crippen LogP contribution < -0.4 is 5.32 Å². The molecule has 0 aromatic carbocycles. The number of aryl methyl sites for hydroxylation is 1. The predicted octanol–water partition coefficient (Wildman–Crippen LogP) is 2.16. The van der Waals surface area contributed by atoms with Gasteiger partial charge in [0.15, 0.2) is 0 Å². The highest BCUT2D eigenvalue weighted by atomic mass is 15.3. The van der Waals surface area contributed by atoms with Gasteiger partial charge in [0.1, 0.15) is 0 Å². The normalized spacial score (nSPS) is 23.7. The molecule has 1 atom stereocenters. The van der Waals surface area contributed by atoms with Gasteiger partial charge in [0.25, 0.3) is 0 Å². The first-order valence-corrected chi connectivity index (χ1v) is 7.60. The number of hydrogen-bond acceptors (Lipinski definition) is 3. The van der Waals surface area contributed by atoms with Crippen molar-refractivity contribution in [1.29, 1.82) is 0 Å². The SMILES string of the molecule is CCC1CN(Cc2ccn(C)n2)C(CC)(CC)CN1. The second-order valence-corrected chi connectivity index (χ2v) is 5.78. The van der Waals surface area contributed by atoms with Crippen LogP contribution in [0.25, 0.3) is 0 Å². The maximum atomic E-state index is 4.54. The molecular weight excluding hydrogens is 236 g/mol. The van der Waals surface area contributed by atoms with Crippen LogP contribution in [0.3, 0.4) is 0 Å². The monoisotopic (exact) mass is 264 g/mol. The van der Waals surface area contributed by atoms with Crippen molar-refractivity contribution < 1.29 is 0 Å². The van der Waals surface area contributed by atoms with Crippen LogP contribution in [0.1, 0.15) is 45.7 Å². The summed E-state index contributed by atoms with van der Waals surface area (Å²) in [5, 5.41) is 8.26. The van der Waals surface area contributed by atoms with Crippen molar-refractivity contribution >= 4 is 0 Å². The summed E-state index contributed by atoms with van der Waals surface area (Å²) in [6.45, 7) is 10.1. The van der Waals surface area contributed by atoms with Crippen molar-refractivity contribution in [3.63, 3.8) is 0 Å². The summed E-state index contributed by atoms with van der Waals surface area (Å²) in [5.74, 6) is 0. The quantitative estimate of drug-likeness (QED) is 0.885. The fourth-order valence-corrected chi connectivity index (χ4v) is 3.17. The summed E-state index contributed by atoms with van der Waals surface area (Å²) in [6, 6.07) is 2.76. The zero-order chi connectivity index (χ0) is 13.9. The van der Waals surface area contributed by atoms with Crippen LogP contribution >= 0.6 is 0 Å². The third kappa shape index (κ3) is 3.00. The Bertz CT molecular complexity index is 395. The summed E-state index contributed by atoms with van der Waals surface area (Å²) >= 11 is 0. The highest BCUT2D eigenvalue weighted by Gasteiger charge is 2.38. The van der Waals surface area contributed by atoms with Crippen LogP contribution in [0, 0.1) is 0 Å². The van der Waals surface area contributed by atoms with Gasteiger partial charge in [-0.2, -0.15) is 5.10 Å². The van der Waals surface area contributed by atoms with E-state index in [-0.39, 0.29) is 0 Å². The lowest BCUT2D eigenvalue weighted by atomic mass is 9.86. The van der Waals surface area contributed by atoms with Crippen LogP contribution in [0.15, 0.2) is 12.3 Å². The number of nitrogens with zero attached hydrogens (tertiary/aromatic N) is 3. The minimum atomic E-state index is 0.295. The van der Waals surface area contributed by atoms with E-state index in [1.807, 2.05) is 17.9 Å². The molecule has 0 saturated carbocycles. The first-order valence-electron chi connectivity index (χ1n) is 7.60. The van der Waals surface area contributed by atoms with Crippen molar-refractivity contribution in [2.24, 2.45) is 7.05 Å². The zero-order valence-corrected chi connectivity index (χ0v) is 12.8. The molecule has 1 fully saturated rings. The smallest absolute Gasteiger partial charge is 0.0764 e. The lowest BCUT2D eigenvalue weighted by molar-refractivity contribution is 0.0227. The number of aromatic nitrogens is 2.